The minimum absolute atomic E-state index is 0.116. The van der Waals surface area contributed by atoms with E-state index in [1.54, 1.807) is 17.7 Å². The summed E-state index contributed by atoms with van der Waals surface area (Å²) in [4.78, 5) is 31.2. The molecule has 2 N–H and O–H groups in total. The first-order valence-electron chi connectivity index (χ1n) is 10.3. The molecule has 8 nitrogen and oxygen atoms in total. The third-order valence-corrected chi connectivity index (χ3v) is 5.49. The molecule has 1 fully saturated rings. The van der Waals surface area contributed by atoms with Gasteiger partial charge in [-0.05, 0) is 31.4 Å². The van der Waals surface area contributed by atoms with Crippen molar-refractivity contribution in [1.82, 2.24) is 19.4 Å². The van der Waals surface area contributed by atoms with Gasteiger partial charge in [0.1, 0.15) is 5.52 Å². The number of nitrogens with one attached hydrogen (secondary N) is 1. The Morgan fingerprint density at radius 1 is 1.29 bits per heavy atom. The number of nitrogens with zero attached hydrogens (tertiary/aromatic N) is 4. The van der Waals surface area contributed by atoms with Crippen LogP contribution in [0.2, 0.25) is 0 Å². The molecule has 0 spiro atoms. The molecule has 1 amide bonds. The molecule has 0 radical (unpaired) electrons. The lowest BCUT2D eigenvalue weighted by molar-refractivity contribution is 0.188. The van der Waals surface area contributed by atoms with Crippen LogP contribution in [0.25, 0.3) is 11.0 Å². The fourth-order valence-electron chi connectivity index (χ4n) is 4.07. The number of benzene rings is 1. The number of anilines is 1. The van der Waals surface area contributed by atoms with Gasteiger partial charge in [-0.15, -0.1) is 5.92 Å². The molecule has 160 valence electrons. The Morgan fingerprint density at radius 2 is 2.10 bits per heavy atom. The fraction of sp³-hybridized carbons (Fsp3) is 0.348. The zero-order valence-electron chi connectivity index (χ0n) is 17.4. The van der Waals surface area contributed by atoms with Crippen LogP contribution in [0, 0.1) is 11.8 Å². The number of aromatic nitrogens is 3. The first-order chi connectivity index (χ1) is 15.1. The minimum atomic E-state index is -1.03. The number of carboxylic acid groups (broad SMARTS) is 1. The highest BCUT2D eigenvalue weighted by atomic mass is 16.4. The van der Waals surface area contributed by atoms with Crippen molar-refractivity contribution in [1.29, 1.82) is 0 Å². The van der Waals surface area contributed by atoms with Crippen molar-refractivity contribution in [3.63, 3.8) is 0 Å². The lowest BCUT2D eigenvalue weighted by atomic mass is 10.1. The van der Waals surface area contributed by atoms with E-state index < -0.39 is 6.09 Å². The van der Waals surface area contributed by atoms with Crippen molar-refractivity contribution in [2.45, 2.75) is 38.9 Å². The van der Waals surface area contributed by atoms with E-state index in [1.807, 2.05) is 45.9 Å². The Kier molecular flexibility index (Phi) is 5.94. The average Bonchev–Trinajstić information content (AvgIpc) is 3.14. The summed E-state index contributed by atoms with van der Waals surface area (Å²) in [5, 5.41) is 11.7. The zero-order valence-corrected chi connectivity index (χ0v) is 17.4. The van der Waals surface area contributed by atoms with Crippen LogP contribution < -0.4 is 15.8 Å². The van der Waals surface area contributed by atoms with Gasteiger partial charge in [-0.25, -0.2) is 9.78 Å². The molecule has 1 aliphatic rings. The summed E-state index contributed by atoms with van der Waals surface area (Å²) in [5.41, 5.74) is 2.07. The van der Waals surface area contributed by atoms with E-state index in [1.165, 1.54) is 0 Å². The lowest BCUT2D eigenvalue weighted by Crippen LogP contribution is -2.48. The van der Waals surface area contributed by atoms with E-state index in [0.29, 0.717) is 36.6 Å². The highest BCUT2D eigenvalue weighted by Gasteiger charge is 2.26. The van der Waals surface area contributed by atoms with Crippen molar-refractivity contribution in [3.8, 4) is 11.8 Å². The molecule has 0 aliphatic carbocycles. The number of pyridine rings is 1. The zero-order chi connectivity index (χ0) is 21.8. The Bertz CT molecular complexity index is 1200. The van der Waals surface area contributed by atoms with Crippen molar-refractivity contribution >= 4 is 23.1 Å². The van der Waals surface area contributed by atoms with Crippen LogP contribution in [-0.4, -0.2) is 44.4 Å². The van der Waals surface area contributed by atoms with E-state index in [0.717, 1.165) is 24.9 Å². The smallest absolute Gasteiger partial charge is 0.404 e. The molecule has 1 atom stereocenters. The molecule has 1 aromatic carbocycles. The number of imidazole rings is 1. The van der Waals surface area contributed by atoms with Crippen LogP contribution in [0.3, 0.4) is 0 Å². The Hall–Kier alpha value is -3.73. The molecular weight excluding hydrogens is 394 g/mol. The van der Waals surface area contributed by atoms with Crippen molar-refractivity contribution in [2.24, 2.45) is 0 Å². The van der Waals surface area contributed by atoms with Crippen LogP contribution in [-0.2, 0) is 13.1 Å². The standard InChI is InChI=1S/C23H25N5O3/c1-2-3-13-28-20-19(11-14-26(21(20)29)15-17-8-5-4-6-9-17)25-22(28)27-12-7-10-18(16-27)24-23(30)31/h4-6,8-9,11,14,18,24H,7,10,12-13,15-16H2,1H3,(H,30,31). The molecule has 4 rings (SSSR count). The van der Waals surface area contributed by atoms with E-state index in [2.05, 4.69) is 17.2 Å². The highest BCUT2D eigenvalue weighted by Crippen LogP contribution is 2.24. The van der Waals surface area contributed by atoms with E-state index in [-0.39, 0.29) is 11.6 Å². The monoisotopic (exact) mass is 419 g/mol. The first kappa shape index (κ1) is 20.5. The number of fused-ring (bicyclic) bond motifs is 1. The summed E-state index contributed by atoms with van der Waals surface area (Å²) in [5.74, 6) is 6.60. The van der Waals surface area contributed by atoms with Gasteiger partial charge in [0.15, 0.2) is 0 Å². The van der Waals surface area contributed by atoms with E-state index in [9.17, 15) is 9.59 Å². The van der Waals surface area contributed by atoms with E-state index >= 15 is 0 Å². The predicted molar refractivity (Wildman–Crippen MR) is 119 cm³/mol. The van der Waals surface area contributed by atoms with Crippen LogP contribution in [0.15, 0.2) is 47.4 Å². The second kappa shape index (κ2) is 8.96. The summed E-state index contributed by atoms with van der Waals surface area (Å²) in [6.07, 6.45) is 2.36. The molecule has 1 unspecified atom stereocenters. The molecule has 1 saturated heterocycles. The average molecular weight is 419 g/mol. The van der Waals surface area contributed by atoms with Crippen LogP contribution in [0.5, 0.6) is 0 Å². The Balaban J connectivity index is 1.75. The Morgan fingerprint density at radius 3 is 2.84 bits per heavy atom. The van der Waals surface area contributed by atoms with Gasteiger partial charge in [-0.3, -0.25) is 9.36 Å². The summed E-state index contributed by atoms with van der Waals surface area (Å²) in [7, 11) is 0. The number of carbonyl (C=O) groups is 1. The number of amides is 1. The topological polar surface area (TPSA) is 92.4 Å². The van der Waals surface area contributed by atoms with Gasteiger partial charge in [-0.2, -0.15) is 0 Å². The van der Waals surface area contributed by atoms with Crippen LogP contribution in [0.1, 0.15) is 25.3 Å². The number of rotatable bonds is 5. The maximum absolute atomic E-state index is 13.4. The molecule has 1 aliphatic heterocycles. The summed E-state index contributed by atoms with van der Waals surface area (Å²) in [6.45, 7) is 3.84. The van der Waals surface area contributed by atoms with Crippen LogP contribution >= 0.6 is 0 Å². The van der Waals surface area contributed by atoms with Gasteiger partial charge in [0, 0.05) is 25.3 Å². The van der Waals surface area contributed by atoms with E-state index in [4.69, 9.17) is 10.1 Å². The summed E-state index contributed by atoms with van der Waals surface area (Å²) >= 11 is 0. The first-order valence-corrected chi connectivity index (χ1v) is 10.3. The van der Waals surface area contributed by atoms with Gasteiger partial charge in [0.05, 0.1) is 18.6 Å². The molecule has 0 bridgehead atoms. The SMILES string of the molecule is CC#CCn1c(N2CCCC(NC(=O)O)C2)nc2ccn(Cc3ccccc3)c(=O)c21. The second-order valence-corrected chi connectivity index (χ2v) is 7.63. The van der Waals surface area contributed by atoms with Gasteiger partial charge in [-0.1, -0.05) is 36.3 Å². The van der Waals surface area contributed by atoms with Gasteiger partial charge in [0.2, 0.25) is 5.95 Å². The van der Waals surface area contributed by atoms with Gasteiger partial charge in [0.25, 0.3) is 5.56 Å². The van der Waals surface area contributed by atoms with Gasteiger partial charge >= 0.3 is 6.09 Å². The maximum Gasteiger partial charge on any atom is 0.404 e. The van der Waals surface area contributed by atoms with Crippen molar-refractivity contribution < 1.29 is 9.90 Å². The van der Waals surface area contributed by atoms with Crippen molar-refractivity contribution in [2.75, 3.05) is 18.0 Å². The van der Waals surface area contributed by atoms with Crippen LogP contribution in [0.4, 0.5) is 10.7 Å². The molecule has 0 saturated carbocycles. The molecule has 2 aromatic heterocycles. The number of piperidine rings is 1. The molecule has 31 heavy (non-hydrogen) atoms. The third kappa shape index (κ3) is 4.40. The van der Waals surface area contributed by atoms with Crippen molar-refractivity contribution in [3.05, 3.63) is 58.5 Å². The largest absolute Gasteiger partial charge is 0.465 e. The number of hydrogen-bond acceptors (Lipinski definition) is 4. The summed E-state index contributed by atoms with van der Waals surface area (Å²) < 4.78 is 3.54. The third-order valence-electron chi connectivity index (χ3n) is 5.49. The maximum atomic E-state index is 13.4. The highest BCUT2D eigenvalue weighted by molar-refractivity contribution is 5.78. The second-order valence-electron chi connectivity index (χ2n) is 7.63. The molecular formula is C23H25N5O3. The predicted octanol–water partition coefficient (Wildman–Crippen LogP) is 2.51. The molecule has 3 heterocycles. The van der Waals surface area contributed by atoms with Gasteiger partial charge < -0.3 is 19.9 Å². The normalized spacial score (nSPS) is 16.0. The number of hydrogen-bond donors (Lipinski definition) is 2. The minimum Gasteiger partial charge on any atom is -0.465 e. The Labute approximate surface area is 180 Å². The quantitative estimate of drug-likeness (QED) is 0.620. The lowest BCUT2D eigenvalue weighted by Gasteiger charge is -2.33. The molecule has 8 heteroatoms. The fourth-order valence-corrected chi connectivity index (χ4v) is 4.07. The molecule has 3 aromatic rings. The summed E-state index contributed by atoms with van der Waals surface area (Å²) in [6, 6.07) is 11.5.